The highest BCUT2D eigenvalue weighted by Crippen LogP contribution is 2.24. The van der Waals surface area contributed by atoms with Crippen LogP contribution in [0.15, 0.2) is 0 Å². The highest BCUT2D eigenvalue weighted by atomic mass is 16.2. The SMILES string of the molecule is CCC(CN)C(=O)N(CC)C1CCCCC1. The summed E-state index contributed by atoms with van der Waals surface area (Å²) < 4.78 is 0. The van der Waals surface area contributed by atoms with Crippen molar-refractivity contribution in [2.45, 2.75) is 58.4 Å². The van der Waals surface area contributed by atoms with E-state index in [9.17, 15) is 4.79 Å². The molecule has 1 amide bonds. The molecule has 0 heterocycles. The van der Waals surface area contributed by atoms with Crippen LogP contribution in [-0.4, -0.2) is 29.9 Å². The molecule has 0 aromatic heterocycles. The minimum atomic E-state index is 0.0295. The first-order valence-electron chi connectivity index (χ1n) is 6.75. The Morgan fingerprint density at radius 2 is 1.94 bits per heavy atom. The van der Waals surface area contributed by atoms with Crippen LogP contribution in [0, 0.1) is 5.92 Å². The molecule has 0 aromatic carbocycles. The van der Waals surface area contributed by atoms with Gasteiger partial charge in [0, 0.05) is 19.1 Å². The molecule has 1 rings (SSSR count). The Kier molecular flexibility index (Phi) is 5.81. The summed E-state index contributed by atoms with van der Waals surface area (Å²) in [6.45, 7) is 5.44. The van der Waals surface area contributed by atoms with E-state index in [2.05, 4.69) is 11.8 Å². The molecule has 2 N–H and O–H groups in total. The van der Waals surface area contributed by atoms with Gasteiger partial charge in [0.2, 0.25) is 5.91 Å². The summed E-state index contributed by atoms with van der Waals surface area (Å²) in [5, 5.41) is 0. The summed E-state index contributed by atoms with van der Waals surface area (Å²) in [5.41, 5.74) is 5.66. The fourth-order valence-corrected chi connectivity index (χ4v) is 2.66. The zero-order valence-electron chi connectivity index (χ0n) is 10.7. The number of nitrogens with two attached hydrogens (primary N) is 1. The summed E-state index contributed by atoms with van der Waals surface area (Å²) in [6.07, 6.45) is 7.10. The van der Waals surface area contributed by atoms with Crippen LogP contribution < -0.4 is 5.73 Å². The highest BCUT2D eigenvalue weighted by molar-refractivity contribution is 5.79. The van der Waals surface area contributed by atoms with Crippen LogP contribution in [0.25, 0.3) is 0 Å². The second-order valence-corrected chi connectivity index (χ2v) is 4.76. The zero-order valence-corrected chi connectivity index (χ0v) is 10.7. The Balaban J connectivity index is 2.60. The molecule has 0 radical (unpaired) electrons. The second kappa shape index (κ2) is 6.89. The van der Waals surface area contributed by atoms with Crippen LogP contribution >= 0.6 is 0 Å². The van der Waals surface area contributed by atoms with Crippen LogP contribution in [0.1, 0.15) is 52.4 Å². The van der Waals surface area contributed by atoms with Crippen molar-refractivity contribution in [2.24, 2.45) is 11.7 Å². The van der Waals surface area contributed by atoms with E-state index in [1.54, 1.807) is 0 Å². The van der Waals surface area contributed by atoms with Gasteiger partial charge in [-0.05, 0) is 26.2 Å². The van der Waals surface area contributed by atoms with Gasteiger partial charge in [0.1, 0.15) is 0 Å². The lowest BCUT2D eigenvalue weighted by Gasteiger charge is -2.35. The highest BCUT2D eigenvalue weighted by Gasteiger charge is 2.27. The van der Waals surface area contributed by atoms with Gasteiger partial charge in [-0.15, -0.1) is 0 Å². The molecular formula is C13H26N2O. The van der Waals surface area contributed by atoms with Crippen molar-refractivity contribution in [3.8, 4) is 0 Å². The molecule has 1 saturated carbocycles. The molecule has 1 aliphatic carbocycles. The van der Waals surface area contributed by atoms with Crippen molar-refractivity contribution in [3.05, 3.63) is 0 Å². The van der Waals surface area contributed by atoms with Gasteiger partial charge in [0.15, 0.2) is 0 Å². The molecular weight excluding hydrogens is 200 g/mol. The van der Waals surface area contributed by atoms with Crippen LogP contribution in [-0.2, 0) is 4.79 Å². The van der Waals surface area contributed by atoms with Crippen molar-refractivity contribution in [2.75, 3.05) is 13.1 Å². The predicted molar refractivity (Wildman–Crippen MR) is 67.1 cm³/mol. The van der Waals surface area contributed by atoms with Gasteiger partial charge in [-0.2, -0.15) is 0 Å². The van der Waals surface area contributed by atoms with Crippen LogP contribution in [0.2, 0.25) is 0 Å². The van der Waals surface area contributed by atoms with Gasteiger partial charge in [-0.25, -0.2) is 0 Å². The number of hydrogen-bond donors (Lipinski definition) is 1. The number of hydrogen-bond acceptors (Lipinski definition) is 2. The predicted octanol–water partition coefficient (Wildman–Crippen LogP) is 2.15. The van der Waals surface area contributed by atoms with Crippen molar-refractivity contribution in [3.63, 3.8) is 0 Å². The Labute approximate surface area is 99.4 Å². The van der Waals surface area contributed by atoms with Crippen molar-refractivity contribution < 1.29 is 4.79 Å². The average molecular weight is 226 g/mol. The fourth-order valence-electron chi connectivity index (χ4n) is 2.66. The molecule has 1 aliphatic rings. The van der Waals surface area contributed by atoms with Gasteiger partial charge < -0.3 is 10.6 Å². The van der Waals surface area contributed by atoms with Crippen molar-refractivity contribution >= 4 is 5.91 Å². The minimum absolute atomic E-state index is 0.0295. The smallest absolute Gasteiger partial charge is 0.227 e. The zero-order chi connectivity index (χ0) is 12.0. The summed E-state index contributed by atoms with van der Waals surface area (Å²) in [7, 11) is 0. The Morgan fingerprint density at radius 3 is 2.38 bits per heavy atom. The Morgan fingerprint density at radius 1 is 1.31 bits per heavy atom. The minimum Gasteiger partial charge on any atom is -0.340 e. The summed E-state index contributed by atoms with van der Waals surface area (Å²) in [5.74, 6) is 0.307. The van der Waals surface area contributed by atoms with E-state index in [0.717, 1.165) is 13.0 Å². The molecule has 3 heteroatoms. The van der Waals surface area contributed by atoms with Gasteiger partial charge in [-0.3, -0.25) is 4.79 Å². The Bertz CT molecular complexity index is 208. The first kappa shape index (κ1) is 13.5. The number of rotatable bonds is 5. The number of amides is 1. The number of nitrogens with zero attached hydrogens (tertiary/aromatic N) is 1. The van der Waals surface area contributed by atoms with E-state index in [1.807, 2.05) is 6.92 Å². The van der Waals surface area contributed by atoms with E-state index in [4.69, 9.17) is 5.73 Å². The lowest BCUT2D eigenvalue weighted by molar-refractivity contribution is -0.138. The van der Waals surface area contributed by atoms with Crippen LogP contribution in [0.3, 0.4) is 0 Å². The molecule has 3 nitrogen and oxygen atoms in total. The molecule has 1 unspecified atom stereocenters. The molecule has 94 valence electrons. The molecule has 0 aromatic rings. The largest absolute Gasteiger partial charge is 0.340 e. The second-order valence-electron chi connectivity index (χ2n) is 4.76. The van der Waals surface area contributed by atoms with Gasteiger partial charge in [0.05, 0.1) is 5.92 Å². The molecule has 0 spiro atoms. The lowest BCUT2D eigenvalue weighted by atomic mass is 9.93. The molecule has 0 saturated heterocycles. The maximum Gasteiger partial charge on any atom is 0.227 e. The molecule has 16 heavy (non-hydrogen) atoms. The number of carbonyl (C=O) groups excluding carboxylic acids is 1. The third-order valence-electron chi connectivity index (χ3n) is 3.77. The van der Waals surface area contributed by atoms with Gasteiger partial charge >= 0.3 is 0 Å². The normalized spacial score (nSPS) is 19.4. The summed E-state index contributed by atoms with van der Waals surface area (Å²) in [6, 6.07) is 0.479. The van der Waals surface area contributed by atoms with Gasteiger partial charge in [0.25, 0.3) is 0 Å². The molecule has 1 atom stereocenters. The topological polar surface area (TPSA) is 46.3 Å². The standard InChI is InChI=1S/C13H26N2O/c1-3-11(10-14)13(16)15(4-2)12-8-6-5-7-9-12/h11-12H,3-10,14H2,1-2H3. The molecule has 1 fully saturated rings. The summed E-state index contributed by atoms with van der Waals surface area (Å²) in [4.78, 5) is 14.4. The van der Waals surface area contributed by atoms with E-state index in [0.29, 0.717) is 12.6 Å². The first-order chi connectivity index (χ1) is 7.74. The van der Waals surface area contributed by atoms with E-state index < -0.39 is 0 Å². The maximum absolute atomic E-state index is 12.3. The Hall–Kier alpha value is -0.570. The maximum atomic E-state index is 12.3. The van der Waals surface area contributed by atoms with E-state index in [-0.39, 0.29) is 11.8 Å². The quantitative estimate of drug-likeness (QED) is 0.781. The van der Waals surface area contributed by atoms with Crippen LogP contribution in [0.5, 0.6) is 0 Å². The number of carbonyl (C=O) groups is 1. The lowest BCUT2D eigenvalue weighted by Crippen LogP contribution is -2.45. The average Bonchev–Trinajstić information content (AvgIpc) is 2.33. The van der Waals surface area contributed by atoms with Crippen molar-refractivity contribution in [1.82, 2.24) is 4.90 Å². The van der Waals surface area contributed by atoms with Crippen LogP contribution in [0.4, 0.5) is 0 Å². The van der Waals surface area contributed by atoms with Crippen molar-refractivity contribution in [1.29, 1.82) is 0 Å². The fraction of sp³-hybridized carbons (Fsp3) is 0.923. The monoisotopic (exact) mass is 226 g/mol. The molecule has 0 aliphatic heterocycles. The van der Waals surface area contributed by atoms with E-state index >= 15 is 0 Å². The molecule has 0 bridgehead atoms. The van der Waals surface area contributed by atoms with E-state index in [1.165, 1.54) is 32.1 Å². The summed E-state index contributed by atoms with van der Waals surface area (Å²) >= 11 is 0. The van der Waals surface area contributed by atoms with Gasteiger partial charge in [-0.1, -0.05) is 26.2 Å². The third kappa shape index (κ3) is 3.21. The third-order valence-corrected chi connectivity index (χ3v) is 3.77. The first-order valence-corrected chi connectivity index (χ1v) is 6.75.